The molecule has 0 saturated heterocycles. The average molecular weight is 754 g/mol. The van der Waals surface area contributed by atoms with Gasteiger partial charge < -0.3 is 34.5 Å². The molecule has 3 heterocycles. The number of allylic oxidation sites excluding steroid dienone is 1. The highest BCUT2D eigenvalue weighted by Crippen LogP contribution is 2.38. The van der Waals surface area contributed by atoms with Gasteiger partial charge in [-0.05, 0) is 84.0 Å². The smallest absolute Gasteiger partial charge is 0.260 e. The largest absolute Gasteiger partial charge is 0.497 e. The van der Waals surface area contributed by atoms with Gasteiger partial charge in [0.2, 0.25) is 5.91 Å². The fourth-order valence-corrected chi connectivity index (χ4v) is 6.81. The van der Waals surface area contributed by atoms with E-state index in [-0.39, 0.29) is 23.8 Å². The topological polar surface area (TPSA) is 140 Å². The molecule has 0 aliphatic carbocycles. The van der Waals surface area contributed by atoms with Crippen LogP contribution in [0.1, 0.15) is 70.0 Å². The highest BCUT2D eigenvalue weighted by atomic mass is 16.5. The first-order chi connectivity index (χ1) is 27.2. The Morgan fingerprint density at radius 1 is 0.839 bits per heavy atom. The van der Waals surface area contributed by atoms with E-state index >= 15 is 0 Å². The first kappa shape index (κ1) is 37.6. The molecule has 1 atom stereocenters. The zero-order chi connectivity index (χ0) is 39.2. The molecule has 7 rings (SSSR count). The summed E-state index contributed by atoms with van der Waals surface area (Å²) in [5, 5.41) is 5.67. The van der Waals surface area contributed by atoms with Crippen molar-refractivity contribution >= 4 is 58.4 Å². The number of nitrogens with one attached hydrogen (secondary N) is 2. The fraction of sp³-hybridized carbons (Fsp3) is 0.250. The van der Waals surface area contributed by atoms with Crippen LogP contribution in [-0.4, -0.2) is 68.5 Å². The van der Waals surface area contributed by atoms with Gasteiger partial charge >= 0.3 is 0 Å². The Balaban J connectivity index is 0.964. The van der Waals surface area contributed by atoms with Gasteiger partial charge in [-0.1, -0.05) is 24.3 Å². The number of aliphatic imine (C=N–C) groups is 2. The van der Waals surface area contributed by atoms with Crippen molar-refractivity contribution in [1.29, 1.82) is 0 Å². The lowest BCUT2D eigenvalue weighted by Crippen LogP contribution is -2.32. The zero-order valence-corrected chi connectivity index (χ0v) is 31.8. The van der Waals surface area contributed by atoms with Gasteiger partial charge in [-0.15, -0.1) is 0 Å². The van der Waals surface area contributed by atoms with Gasteiger partial charge in [0.15, 0.2) is 11.5 Å². The summed E-state index contributed by atoms with van der Waals surface area (Å²) in [6.45, 7) is 4.06. The van der Waals surface area contributed by atoms with Crippen LogP contribution in [0.3, 0.4) is 0 Å². The zero-order valence-electron chi connectivity index (χ0n) is 31.8. The molecule has 12 heteroatoms. The molecule has 0 saturated carbocycles. The summed E-state index contributed by atoms with van der Waals surface area (Å²) in [6.07, 6.45) is 9.77. The van der Waals surface area contributed by atoms with Crippen LogP contribution in [0.4, 0.5) is 17.1 Å². The van der Waals surface area contributed by atoms with E-state index in [4.69, 9.17) is 23.9 Å². The van der Waals surface area contributed by atoms with E-state index in [2.05, 4.69) is 15.6 Å². The lowest BCUT2D eigenvalue weighted by molar-refractivity contribution is -0.114. The lowest BCUT2D eigenvalue weighted by atomic mass is 10.0. The van der Waals surface area contributed by atoms with E-state index in [1.54, 1.807) is 36.6 Å². The molecule has 4 aromatic carbocycles. The van der Waals surface area contributed by atoms with Crippen molar-refractivity contribution in [2.75, 3.05) is 32.8 Å². The molecule has 12 nitrogen and oxygen atoms in total. The number of carbonyl (C=O) groups excluding carboxylic acids is 3. The van der Waals surface area contributed by atoms with Gasteiger partial charge in [0.25, 0.3) is 11.8 Å². The van der Waals surface area contributed by atoms with Crippen molar-refractivity contribution in [3.63, 3.8) is 0 Å². The molecule has 0 radical (unpaired) electrons. The fourth-order valence-electron chi connectivity index (χ4n) is 6.81. The molecular formula is C44H43N5O7. The standard InChI is InChI=1S/C44H43N5O7/c1-27-19-37-39(46-25-34-20-32(26-49(34)44(37)52)30-10-14-35(53-3)15-11-30)22-40(27)55-17-6-18-56-42-23-38-36(21-41(42)54-4)43(51)47-24-31(7-5-16-45-38)29-8-12-33(13-9-29)48-28(2)50/h8-16,19,21-26,34H,5-7,17-18,20H2,1-4H3,(H,47,51)(H,48,50)/b31-24+,45-16?/t34-/m0/s1. The number of nitrogens with zero attached hydrogens (tertiary/aromatic N) is 3. The molecule has 0 aromatic heterocycles. The Bertz CT molecular complexity index is 2280. The highest BCUT2D eigenvalue weighted by molar-refractivity contribution is 6.05. The van der Waals surface area contributed by atoms with Gasteiger partial charge in [0.05, 0.1) is 56.0 Å². The van der Waals surface area contributed by atoms with Crippen LogP contribution in [0.2, 0.25) is 0 Å². The first-order valence-corrected chi connectivity index (χ1v) is 18.5. The minimum Gasteiger partial charge on any atom is -0.497 e. The minimum atomic E-state index is -0.331. The van der Waals surface area contributed by atoms with E-state index in [0.717, 1.165) is 33.6 Å². The summed E-state index contributed by atoms with van der Waals surface area (Å²) in [5.74, 6) is 1.73. The maximum absolute atomic E-state index is 13.7. The van der Waals surface area contributed by atoms with E-state index in [0.29, 0.717) is 84.3 Å². The normalized spacial score (nSPS) is 16.9. The number of rotatable bonds is 11. The first-order valence-electron chi connectivity index (χ1n) is 18.5. The SMILES string of the molecule is COc1ccc(C2=CN3C(=O)c4cc(C)c(OCCCOc5cc6c(cc5OC)C(=O)N/C=C(/c5ccc(NC(C)=O)cc5)CCC=N6)cc4N=C[C@@H]3C2)cc1. The van der Waals surface area contributed by atoms with Crippen LogP contribution in [0.5, 0.6) is 23.0 Å². The third-order valence-corrected chi connectivity index (χ3v) is 9.74. The predicted octanol–water partition coefficient (Wildman–Crippen LogP) is 8.06. The van der Waals surface area contributed by atoms with E-state index in [9.17, 15) is 14.4 Å². The summed E-state index contributed by atoms with van der Waals surface area (Å²) in [6, 6.07) is 22.1. The van der Waals surface area contributed by atoms with Crippen LogP contribution in [-0.2, 0) is 4.79 Å². The number of carbonyl (C=O) groups is 3. The Morgan fingerprint density at radius 3 is 2.27 bits per heavy atom. The molecule has 286 valence electrons. The molecular weight excluding hydrogens is 711 g/mol. The number of hydrogen-bond donors (Lipinski definition) is 2. The van der Waals surface area contributed by atoms with Gasteiger partial charge in [-0.2, -0.15) is 0 Å². The van der Waals surface area contributed by atoms with Gasteiger partial charge in [0.1, 0.15) is 11.5 Å². The van der Waals surface area contributed by atoms with Crippen molar-refractivity contribution in [1.82, 2.24) is 10.2 Å². The number of aryl methyl sites for hydroxylation is 1. The summed E-state index contributed by atoms with van der Waals surface area (Å²) in [5.41, 5.74) is 7.43. The van der Waals surface area contributed by atoms with Crippen molar-refractivity contribution in [3.8, 4) is 23.0 Å². The maximum atomic E-state index is 13.7. The molecule has 3 aliphatic heterocycles. The predicted molar refractivity (Wildman–Crippen MR) is 217 cm³/mol. The number of anilines is 1. The Hall–Kier alpha value is -6.69. The summed E-state index contributed by atoms with van der Waals surface area (Å²) >= 11 is 0. The summed E-state index contributed by atoms with van der Waals surface area (Å²) in [7, 11) is 3.16. The number of methoxy groups -OCH3 is 2. The quantitative estimate of drug-likeness (QED) is 0.148. The summed E-state index contributed by atoms with van der Waals surface area (Å²) in [4.78, 5) is 49.5. The maximum Gasteiger partial charge on any atom is 0.260 e. The molecule has 0 bridgehead atoms. The number of hydrogen-bond acceptors (Lipinski definition) is 9. The Kier molecular flexibility index (Phi) is 11.3. The van der Waals surface area contributed by atoms with Crippen LogP contribution in [0, 0.1) is 6.92 Å². The van der Waals surface area contributed by atoms with E-state index < -0.39 is 0 Å². The van der Waals surface area contributed by atoms with Crippen molar-refractivity contribution in [3.05, 3.63) is 113 Å². The third kappa shape index (κ3) is 8.34. The van der Waals surface area contributed by atoms with Gasteiger partial charge in [-0.3, -0.25) is 24.4 Å². The highest BCUT2D eigenvalue weighted by Gasteiger charge is 2.33. The minimum absolute atomic E-state index is 0.0972. The number of benzene rings is 4. The van der Waals surface area contributed by atoms with Crippen LogP contribution >= 0.6 is 0 Å². The second-order valence-electron chi connectivity index (χ2n) is 13.6. The molecule has 0 fully saturated rings. The monoisotopic (exact) mass is 753 g/mol. The van der Waals surface area contributed by atoms with Crippen molar-refractivity contribution in [2.24, 2.45) is 9.98 Å². The van der Waals surface area contributed by atoms with Crippen molar-refractivity contribution < 1.29 is 33.3 Å². The number of fused-ring (bicyclic) bond motifs is 3. The van der Waals surface area contributed by atoms with Gasteiger partial charge in [-0.25, -0.2) is 0 Å². The Morgan fingerprint density at radius 2 is 1.54 bits per heavy atom. The molecule has 2 N–H and O–H groups in total. The molecule has 0 unspecified atom stereocenters. The van der Waals surface area contributed by atoms with Gasteiger partial charge in [0, 0.05) is 62.4 Å². The van der Waals surface area contributed by atoms with Crippen LogP contribution in [0.25, 0.3) is 11.1 Å². The van der Waals surface area contributed by atoms with Crippen molar-refractivity contribution in [2.45, 2.75) is 45.6 Å². The second kappa shape index (κ2) is 16.8. The second-order valence-corrected chi connectivity index (χ2v) is 13.6. The third-order valence-electron chi connectivity index (χ3n) is 9.74. The van der Waals surface area contributed by atoms with Crippen LogP contribution < -0.4 is 29.6 Å². The molecule has 0 spiro atoms. The molecule has 3 aliphatic rings. The number of ether oxygens (including phenoxy) is 4. The molecule has 3 amide bonds. The van der Waals surface area contributed by atoms with E-state index in [1.165, 1.54) is 14.0 Å². The molecule has 56 heavy (non-hydrogen) atoms. The van der Waals surface area contributed by atoms with E-state index in [1.807, 2.05) is 80.0 Å². The summed E-state index contributed by atoms with van der Waals surface area (Å²) < 4.78 is 23.2. The number of amides is 3. The van der Waals surface area contributed by atoms with Crippen LogP contribution in [0.15, 0.2) is 95.2 Å². The Labute approximate surface area is 325 Å². The average Bonchev–Trinajstić information content (AvgIpc) is 3.59. The lowest BCUT2D eigenvalue weighted by Gasteiger charge is -2.19. The molecule has 4 aromatic rings.